The molecule has 0 radical (unpaired) electrons. The van der Waals surface area contributed by atoms with Gasteiger partial charge in [-0.2, -0.15) is 0 Å². The molecular weight excluding hydrogens is 386 g/mol. The van der Waals surface area contributed by atoms with E-state index >= 15 is 0 Å². The summed E-state index contributed by atoms with van der Waals surface area (Å²) in [7, 11) is 0. The summed E-state index contributed by atoms with van der Waals surface area (Å²) in [5.74, 6) is 0.149. The number of amides is 2. The van der Waals surface area contributed by atoms with Crippen molar-refractivity contribution >= 4 is 17.5 Å². The molecule has 162 valence electrons. The number of carbonyl (C=O) groups is 2. The number of likely N-dealkylation sites (tertiary alicyclic amines) is 2. The summed E-state index contributed by atoms with van der Waals surface area (Å²) in [6.45, 7) is 4.08. The van der Waals surface area contributed by atoms with Crippen molar-refractivity contribution in [2.75, 3.05) is 31.1 Å². The minimum absolute atomic E-state index is 0.0107. The van der Waals surface area contributed by atoms with E-state index in [1.165, 1.54) is 32.4 Å². The van der Waals surface area contributed by atoms with Crippen LogP contribution in [0.2, 0.25) is 0 Å². The first-order valence-electron chi connectivity index (χ1n) is 11.7. The van der Waals surface area contributed by atoms with Gasteiger partial charge in [0.2, 0.25) is 5.91 Å². The van der Waals surface area contributed by atoms with Crippen LogP contribution in [-0.4, -0.2) is 53.8 Å². The minimum atomic E-state index is -0.238. The standard InChI is InChI=1S/C26H31N3O2/c30-25(28-17-13-20(14-18-28)27-15-7-2-8-16-27)19-24-22-11-5-6-12-23(22)26(31)29(24)21-9-3-1-4-10-21/h1,3-6,9-12,20,24H,2,7-8,13-19H2. The highest BCUT2D eigenvalue weighted by atomic mass is 16.2. The van der Waals surface area contributed by atoms with Crippen molar-refractivity contribution in [3.05, 3.63) is 65.7 Å². The summed E-state index contributed by atoms with van der Waals surface area (Å²) in [5, 5.41) is 0. The van der Waals surface area contributed by atoms with E-state index in [2.05, 4.69) is 4.90 Å². The molecule has 0 aliphatic carbocycles. The monoisotopic (exact) mass is 417 g/mol. The van der Waals surface area contributed by atoms with Gasteiger partial charge >= 0.3 is 0 Å². The first kappa shape index (κ1) is 20.3. The molecule has 0 bridgehead atoms. The zero-order valence-electron chi connectivity index (χ0n) is 18.1. The molecular formula is C26H31N3O2. The number of nitrogens with zero attached hydrogens (tertiary/aromatic N) is 3. The third-order valence-electron chi connectivity index (χ3n) is 7.21. The highest BCUT2D eigenvalue weighted by Gasteiger charge is 2.39. The van der Waals surface area contributed by atoms with Crippen LogP contribution in [0.3, 0.4) is 0 Å². The predicted molar refractivity (Wildman–Crippen MR) is 122 cm³/mol. The fourth-order valence-corrected chi connectivity index (χ4v) is 5.54. The molecule has 0 spiro atoms. The molecule has 2 amide bonds. The Hall–Kier alpha value is -2.66. The van der Waals surface area contributed by atoms with E-state index in [0.717, 1.165) is 37.2 Å². The smallest absolute Gasteiger partial charge is 0.259 e. The van der Waals surface area contributed by atoms with Crippen LogP contribution in [0.25, 0.3) is 0 Å². The zero-order valence-corrected chi connectivity index (χ0v) is 18.1. The summed E-state index contributed by atoms with van der Waals surface area (Å²) in [6.07, 6.45) is 6.44. The molecule has 2 saturated heterocycles. The maximum atomic E-state index is 13.3. The summed E-state index contributed by atoms with van der Waals surface area (Å²) in [5.41, 5.74) is 2.53. The molecule has 2 aromatic rings. The summed E-state index contributed by atoms with van der Waals surface area (Å²) < 4.78 is 0. The molecule has 3 heterocycles. The van der Waals surface area contributed by atoms with E-state index in [4.69, 9.17) is 0 Å². The van der Waals surface area contributed by atoms with E-state index in [-0.39, 0.29) is 17.9 Å². The minimum Gasteiger partial charge on any atom is -0.343 e. The average molecular weight is 418 g/mol. The van der Waals surface area contributed by atoms with E-state index < -0.39 is 0 Å². The molecule has 5 nitrogen and oxygen atoms in total. The third-order valence-corrected chi connectivity index (χ3v) is 7.21. The molecule has 1 atom stereocenters. The first-order valence-corrected chi connectivity index (χ1v) is 11.7. The topological polar surface area (TPSA) is 43.9 Å². The number of fused-ring (bicyclic) bond motifs is 1. The highest BCUT2D eigenvalue weighted by molar-refractivity contribution is 6.11. The normalized spacial score (nSPS) is 22.6. The number of para-hydroxylation sites is 1. The molecule has 0 N–H and O–H groups in total. The maximum absolute atomic E-state index is 13.3. The van der Waals surface area contributed by atoms with Crippen LogP contribution in [0.1, 0.15) is 60.5 Å². The Morgan fingerprint density at radius 2 is 1.52 bits per heavy atom. The second-order valence-corrected chi connectivity index (χ2v) is 9.03. The van der Waals surface area contributed by atoms with Gasteiger partial charge in [-0.15, -0.1) is 0 Å². The van der Waals surface area contributed by atoms with Crippen molar-refractivity contribution in [3.8, 4) is 0 Å². The maximum Gasteiger partial charge on any atom is 0.259 e. The molecule has 2 fully saturated rings. The van der Waals surface area contributed by atoms with Crippen molar-refractivity contribution < 1.29 is 9.59 Å². The van der Waals surface area contributed by atoms with Gasteiger partial charge in [0.05, 0.1) is 12.5 Å². The van der Waals surface area contributed by atoms with E-state index in [0.29, 0.717) is 18.0 Å². The van der Waals surface area contributed by atoms with Gasteiger partial charge in [-0.1, -0.05) is 42.8 Å². The number of carbonyl (C=O) groups excluding carboxylic acids is 2. The van der Waals surface area contributed by atoms with Crippen LogP contribution in [-0.2, 0) is 4.79 Å². The van der Waals surface area contributed by atoms with Gasteiger partial charge in [-0.05, 0) is 62.5 Å². The predicted octanol–water partition coefficient (Wildman–Crippen LogP) is 4.26. The lowest BCUT2D eigenvalue weighted by atomic mass is 9.98. The summed E-state index contributed by atoms with van der Waals surface area (Å²) in [4.78, 5) is 32.9. The molecule has 2 aromatic carbocycles. The SMILES string of the molecule is O=C(CC1c2ccccc2C(=O)N1c1ccccc1)N1CCC(N2CCCCC2)CC1. The number of hydrogen-bond donors (Lipinski definition) is 0. The largest absolute Gasteiger partial charge is 0.343 e. The van der Waals surface area contributed by atoms with Crippen molar-refractivity contribution in [1.82, 2.24) is 9.80 Å². The second kappa shape index (κ2) is 8.83. The van der Waals surface area contributed by atoms with Gasteiger partial charge in [0, 0.05) is 30.4 Å². The van der Waals surface area contributed by atoms with Gasteiger partial charge in [-0.3, -0.25) is 9.59 Å². The average Bonchev–Trinajstić information content (AvgIpc) is 3.12. The molecule has 1 unspecified atom stereocenters. The lowest BCUT2D eigenvalue weighted by molar-refractivity contribution is -0.133. The van der Waals surface area contributed by atoms with Crippen LogP contribution in [0.5, 0.6) is 0 Å². The van der Waals surface area contributed by atoms with E-state index in [1.54, 1.807) is 0 Å². The Morgan fingerprint density at radius 3 is 2.26 bits per heavy atom. The van der Waals surface area contributed by atoms with Crippen LogP contribution in [0.4, 0.5) is 5.69 Å². The quantitative estimate of drug-likeness (QED) is 0.747. The second-order valence-electron chi connectivity index (χ2n) is 9.03. The van der Waals surface area contributed by atoms with Crippen molar-refractivity contribution in [1.29, 1.82) is 0 Å². The van der Waals surface area contributed by atoms with Gasteiger partial charge in [0.1, 0.15) is 0 Å². The molecule has 3 aliphatic heterocycles. The Morgan fingerprint density at radius 1 is 0.839 bits per heavy atom. The molecule has 3 aliphatic rings. The van der Waals surface area contributed by atoms with Gasteiger partial charge in [0.25, 0.3) is 5.91 Å². The van der Waals surface area contributed by atoms with Crippen LogP contribution in [0, 0.1) is 0 Å². The van der Waals surface area contributed by atoms with Crippen molar-refractivity contribution in [2.45, 2.75) is 50.6 Å². The van der Waals surface area contributed by atoms with Crippen molar-refractivity contribution in [2.24, 2.45) is 0 Å². The highest BCUT2D eigenvalue weighted by Crippen LogP contribution is 2.39. The number of rotatable bonds is 4. The number of anilines is 1. The lowest BCUT2D eigenvalue weighted by Gasteiger charge is -2.40. The summed E-state index contributed by atoms with van der Waals surface area (Å²) in [6, 6.07) is 17.8. The Balaban J connectivity index is 1.30. The van der Waals surface area contributed by atoms with E-state index in [1.807, 2.05) is 64.4 Å². The molecule has 0 aromatic heterocycles. The van der Waals surface area contributed by atoms with Crippen LogP contribution in [0.15, 0.2) is 54.6 Å². The van der Waals surface area contributed by atoms with Crippen LogP contribution >= 0.6 is 0 Å². The summed E-state index contributed by atoms with van der Waals surface area (Å²) >= 11 is 0. The Kier molecular flexibility index (Phi) is 5.77. The molecule has 31 heavy (non-hydrogen) atoms. The molecule has 0 saturated carbocycles. The van der Waals surface area contributed by atoms with Gasteiger partial charge in [-0.25, -0.2) is 0 Å². The van der Waals surface area contributed by atoms with Gasteiger partial charge in [0.15, 0.2) is 0 Å². The Labute approximate surface area is 184 Å². The molecule has 5 rings (SSSR count). The van der Waals surface area contributed by atoms with E-state index in [9.17, 15) is 9.59 Å². The fourth-order valence-electron chi connectivity index (χ4n) is 5.54. The first-order chi connectivity index (χ1) is 15.2. The zero-order chi connectivity index (χ0) is 21.2. The number of benzene rings is 2. The Bertz CT molecular complexity index is 931. The van der Waals surface area contributed by atoms with Crippen LogP contribution < -0.4 is 4.90 Å². The van der Waals surface area contributed by atoms with Gasteiger partial charge < -0.3 is 14.7 Å². The number of hydrogen-bond acceptors (Lipinski definition) is 3. The number of piperidine rings is 2. The lowest BCUT2D eigenvalue weighted by Crippen LogP contribution is -2.48. The third kappa shape index (κ3) is 3.99. The fraction of sp³-hybridized carbons (Fsp3) is 0.462. The van der Waals surface area contributed by atoms with Crippen molar-refractivity contribution in [3.63, 3.8) is 0 Å². The molecule has 5 heteroatoms.